The fraction of sp³-hybridized carbons (Fsp3) is 0.294. The highest BCUT2D eigenvalue weighted by molar-refractivity contribution is 7.92. The van der Waals surface area contributed by atoms with Gasteiger partial charge in [-0.2, -0.15) is 10.4 Å². The van der Waals surface area contributed by atoms with E-state index in [-0.39, 0.29) is 10.6 Å². The Hall–Kier alpha value is -2.54. The molecule has 0 bridgehead atoms. The molecule has 3 rings (SSSR count). The quantitative estimate of drug-likeness (QED) is 0.579. The van der Waals surface area contributed by atoms with Crippen LogP contribution in [0.4, 0.5) is 5.69 Å². The zero-order valence-electron chi connectivity index (χ0n) is 14.7. The van der Waals surface area contributed by atoms with Crippen molar-refractivity contribution in [2.45, 2.75) is 37.3 Å². The zero-order valence-corrected chi connectivity index (χ0v) is 16.3. The van der Waals surface area contributed by atoms with Gasteiger partial charge in [0.15, 0.2) is 0 Å². The summed E-state index contributed by atoms with van der Waals surface area (Å²) < 4.78 is 29.4. The molecule has 3 aromatic rings. The molecule has 1 aromatic carbocycles. The van der Waals surface area contributed by atoms with Crippen molar-refractivity contribution in [2.75, 3.05) is 4.72 Å². The summed E-state index contributed by atoms with van der Waals surface area (Å²) in [6.45, 7) is 3.73. The van der Waals surface area contributed by atoms with E-state index in [1.165, 1.54) is 35.4 Å². The van der Waals surface area contributed by atoms with Gasteiger partial charge in [0.1, 0.15) is 11.0 Å². The lowest BCUT2D eigenvalue weighted by Crippen LogP contribution is -2.21. The summed E-state index contributed by atoms with van der Waals surface area (Å²) in [5.41, 5.74) is 0.164. The van der Waals surface area contributed by atoms with Gasteiger partial charge in [-0.25, -0.2) is 8.42 Å². The number of aryl methyl sites for hydroxylation is 1. The van der Waals surface area contributed by atoms with Crippen molar-refractivity contribution < 1.29 is 13.5 Å². The lowest BCUT2D eigenvalue weighted by atomic mass is 10.1. The third-order valence-electron chi connectivity index (χ3n) is 4.02. The van der Waals surface area contributed by atoms with E-state index in [2.05, 4.69) is 14.8 Å². The number of hydrogen-bond acceptors (Lipinski definition) is 5. The van der Waals surface area contributed by atoms with Crippen LogP contribution in [0.5, 0.6) is 0 Å². The van der Waals surface area contributed by atoms with Crippen LogP contribution in [-0.4, -0.2) is 33.9 Å². The first-order valence-corrected chi connectivity index (χ1v) is 9.94. The molecule has 8 nitrogen and oxygen atoms in total. The number of sulfonamides is 1. The van der Waals surface area contributed by atoms with E-state index < -0.39 is 15.6 Å². The number of aliphatic hydroxyl groups is 1. The molecule has 0 unspecified atom stereocenters. The number of H-pyrrole nitrogens is 1. The molecule has 3 N–H and O–H groups in total. The standard InChI is InChI=1S/C17H18ClN5O3S/c1-17(2,24)5-6-23-10-12(9-21-23)27(25,26)22-14-4-3-13(18)15-11(7-19)8-20-16(14)15/h3-4,8-10,20,22,24H,5-6H2,1-2H3. The maximum atomic E-state index is 12.7. The molecule has 0 spiro atoms. The summed E-state index contributed by atoms with van der Waals surface area (Å²) in [6, 6.07) is 5.07. The molecule has 0 aliphatic carbocycles. The first kappa shape index (κ1) is 19.2. The van der Waals surface area contributed by atoms with E-state index in [9.17, 15) is 13.5 Å². The van der Waals surface area contributed by atoms with Gasteiger partial charge in [0.05, 0.1) is 33.6 Å². The monoisotopic (exact) mass is 407 g/mol. The number of aromatic nitrogens is 3. The van der Waals surface area contributed by atoms with Gasteiger partial charge in [0.25, 0.3) is 10.0 Å². The molecule has 0 aliphatic rings. The van der Waals surface area contributed by atoms with Crippen LogP contribution in [-0.2, 0) is 16.6 Å². The Morgan fingerprint density at radius 2 is 2.19 bits per heavy atom. The van der Waals surface area contributed by atoms with Crippen molar-refractivity contribution in [1.82, 2.24) is 14.8 Å². The highest BCUT2D eigenvalue weighted by atomic mass is 35.5. The average molecular weight is 408 g/mol. The van der Waals surface area contributed by atoms with Crippen molar-refractivity contribution in [3.05, 3.63) is 41.3 Å². The van der Waals surface area contributed by atoms with Gasteiger partial charge < -0.3 is 10.1 Å². The number of fused-ring (bicyclic) bond motifs is 1. The predicted octanol–water partition coefficient (Wildman–Crippen LogP) is 2.85. The van der Waals surface area contributed by atoms with Crippen LogP contribution in [0, 0.1) is 11.3 Å². The molecule has 2 aromatic heterocycles. The predicted molar refractivity (Wildman–Crippen MR) is 102 cm³/mol. The Kier molecular flexibility index (Phi) is 4.90. The Bertz CT molecular complexity index is 1140. The fourth-order valence-electron chi connectivity index (χ4n) is 2.58. The first-order chi connectivity index (χ1) is 12.6. The van der Waals surface area contributed by atoms with Crippen LogP contribution in [0.2, 0.25) is 5.02 Å². The highest BCUT2D eigenvalue weighted by Crippen LogP contribution is 2.32. The maximum absolute atomic E-state index is 12.7. The van der Waals surface area contributed by atoms with Crippen molar-refractivity contribution in [3.63, 3.8) is 0 Å². The minimum absolute atomic E-state index is 0.00610. The van der Waals surface area contributed by atoms with E-state index in [0.29, 0.717) is 34.5 Å². The third-order valence-corrected chi connectivity index (χ3v) is 5.66. The number of rotatable bonds is 6. The molecular formula is C17H18ClN5O3S. The summed E-state index contributed by atoms with van der Waals surface area (Å²) in [4.78, 5) is 2.88. The van der Waals surface area contributed by atoms with E-state index in [0.717, 1.165) is 0 Å². The second kappa shape index (κ2) is 6.88. The van der Waals surface area contributed by atoms with Gasteiger partial charge in [0.2, 0.25) is 0 Å². The van der Waals surface area contributed by atoms with Gasteiger partial charge >= 0.3 is 0 Å². The highest BCUT2D eigenvalue weighted by Gasteiger charge is 2.20. The van der Waals surface area contributed by atoms with Crippen molar-refractivity contribution >= 4 is 38.2 Å². The molecule has 0 fully saturated rings. The summed E-state index contributed by atoms with van der Waals surface area (Å²) in [7, 11) is -3.89. The number of anilines is 1. The second-order valence-corrected chi connectivity index (χ2v) is 8.86. The molecule has 0 amide bonds. The van der Waals surface area contributed by atoms with Gasteiger partial charge in [-0.1, -0.05) is 11.6 Å². The summed E-state index contributed by atoms with van der Waals surface area (Å²) in [5, 5.41) is 23.8. The Balaban J connectivity index is 1.89. The molecule has 0 saturated heterocycles. The molecule has 0 atom stereocenters. The molecule has 142 valence electrons. The van der Waals surface area contributed by atoms with Crippen molar-refractivity contribution in [1.29, 1.82) is 5.26 Å². The number of nitrogens with one attached hydrogen (secondary N) is 2. The van der Waals surface area contributed by atoms with E-state index in [4.69, 9.17) is 16.9 Å². The largest absolute Gasteiger partial charge is 0.390 e. The number of nitriles is 1. The van der Waals surface area contributed by atoms with Gasteiger partial charge in [-0.05, 0) is 32.4 Å². The number of hydrogen-bond donors (Lipinski definition) is 3. The molecular weight excluding hydrogens is 390 g/mol. The summed E-state index contributed by atoms with van der Waals surface area (Å²) >= 11 is 6.14. The average Bonchev–Trinajstić information content (AvgIpc) is 3.22. The van der Waals surface area contributed by atoms with Crippen LogP contribution in [0.25, 0.3) is 10.9 Å². The van der Waals surface area contributed by atoms with Crippen molar-refractivity contribution in [3.8, 4) is 6.07 Å². The van der Waals surface area contributed by atoms with Crippen molar-refractivity contribution in [2.24, 2.45) is 0 Å². The van der Waals surface area contributed by atoms with Crippen LogP contribution in [0.1, 0.15) is 25.8 Å². The number of halogens is 1. The smallest absolute Gasteiger partial charge is 0.265 e. The SMILES string of the molecule is CC(C)(O)CCn1cc(S(=O)(=O)Nc2ccc(Cl)c3c(C#N)c[nH]c23)cn1. The van der Waals surface area contributed by atoms with Crippen LogP contribution >= 0.6 is 11.6 Å². The molecule has 2 heterocycles. The third kappa shape index (κ3) is 4.08. The lowest BCUT2D eigenvalue weighted by molar-refractivity contribution is 0.0651. The Labute approximate surface area is 161 Å². The van der Waals surface area contributed by atoms with E-state index in [1.54, 1.807) is 13.8 Å². The Morgan fingerprint density at radius 3 is 2.85 bits per heavy atom. The minimum atomic E-state index is -3.89. The maximum Gasteiger partial charge on any atom is 0.265 e. The normalized spacial score (nSPS) is 12.3. The van der Waals surface area contributed by atoms with E-state index >= 15 is 0 Å². The molecule has 27 heavy (non-hydrogen) atoms. The first-order valence-electron chi connectivity index (χ1n) is 8.08. The van der Waals surface area contributed by atoms with Gasteiger partial charge in [0, 0.05) is 24.3 Å². The minimum Gasteiger partial charge on any atom is -0.390 e. The van der Waals surface area contributed by atoms with Crippen LogP contribution < -0.4 is 4.72 Å². The molecule has 0 radical (unpaired) electrons. The summed E-state index contributed by atoms with van der Waals surface area (Å²) in [6.07, 6.45) is 4.55. The van der Waals surface area contributed by atoms with Gasteiger partial charge in [-0.15, -0.1) is 0 Å². The molecule has 10 heteroatoms. The zero-order chi connectivity index (χ0) is 19.8. The molecule has 0 saturated carbocycles. The number of nitrogens with zero attached hydrogens (tertiary/aromatic N) is 3. The number of benzene rings is 1. The Morgan fingerprint density at radius 1 is 1.44 bits per heavy atom. The second-order valence-electron chi connectivity index (χ2n) is 6.77. The van der Waals surface area contributed by atoms with Gasteiger partial charge in [-0.3, -0.25) is 9.40 Å². The summed E-state index contributed by atoms with van der Waals surface area (Å²) in [5.74, 6) is 0. The van der Waals surface area contributed by atoms with Crippen LogP contribution in [0.15, 0.2) is 35.6 Å². The van der Waals surface area contributed by atoms with Crippen LogP contribution in [0.3, 0.4) is 0 Å². The molecule has 0 aliphatic heterocycles. The number of aromatic amines is 1. The van der Waals surface area contributed by atoms with E-state index in [1.807, 2.05) is 6.07 Å². The fourth-order valence-corrected chi connectivity index (χ4v) is 3.86. The topological polar surface area (TPSA) is 124 Å². The lowest BCUT2D eigenvalue weighted by Gasteiger charge is -2.16.